The van der Waals surface area contributed by atoms with Crippen molar-refractivity contribution >= 4 is 17.6 Å². The highest BCUT2D eigenvalue weighted by Gasteiger charge is 2.14. The lowest BCUT2D eigenvalue weighted by molar-refractivity contribution is -0.147. The van der Waals surface area contributed by atoms with Crippen LogP contribution >= 0.6 is 0 Å². The van der Waals surface area contributed by atoms with Crippen LogP contribution in [-0.4, -0.2) is 23.5 Å². The van der Waals surface area contributed by atoms with Crippen molar-refractivity contribution in [3.8, 4) is 6.07 Å². The van der Waals surface area contributed by atoms with Crippen LogP contribution in [0.1, 0.15) is 28.8 Å². The quantitative estimate of drug-likeness (QED) is 0.756. The molecule has 1 amide bonds. The number of nitrogens with zero attached hydrogens (tertiary/aromatic N) is 1. The number of aromatic nitrogens is 1. The van der Waals surface area contributed by atoms with E-state index in [1.807, 2.05) is 6.07 Å². The van der Waals surface area contributed by atoms with Crippen LogP contribution in [0.5, 0.6) is 0 Å². The topological polar surface area (TPSA) is 112 Å². The highest BCUT2D eigenvalue weighted by Crippen LogP contribution is 2.15. The number of anilines is 1. The summed E-state index contributed by atoms with van der Waals surface area (Å²) >= 11 is 0. The second-order valence-corrected chi connectivity index (χ2v) is 5.89. The van der Waals surface area contributed by atoms with E-state index in [1.165, 1.54) is 18.2 Å². The highest BCUT2D eigenvalue weighted by atomic mass is 19.1. The lowest BCUT2D eigenvalue weighted by Crippen LogP contribution is -2.21. The van der Waals surface area contributed by atoms with Gasteiger partial charge in [-0.2, -0.15) is 5.26 Å². The first-order chi connectivity index (χ1) is 12.8. The van der Waals surface area contributed by atoms with Crippen molar-refractivity contribution < 1.29 is 18.7 Å². The Balaban J connectivity index is 1.89. The van der Waals surface area contributed by atoms with Crippen LogP contribution in [0.25, 0.3) is 0 Å². The normalized spacial score (nSPS) is 10.1. The Morgan fingerprint density at radius 1 is 1.33 bits per heavy atom. The number of carbonyl (C=O) groups excluding carboxylic acids is 2. The van der Waals surface area contributed by atoms with Gasteiger partial charge in [-0.15, -0.1) is 0 Å². The number of aryl methyl sites for hydroxylation is 1. The predicted octanol–water partition coefficient (Wildman–Crippen LogP) is 2.12. The molecule has 0 fully saturated rings. The van der Waals surface area contributed by atoms with Crippen LogP contribution in [0, 0.1) is 31.0 Å². The van der Waals surface area contributed by atoms with E-state index in [4.69, 9.17) is 10.00 Å². The molecule has 0 bridgehead atoms. The molecule has 1 aromatic carbocycles. The van der Waals surface area contributed by atoms with Gasteiger partial charge >= 0.3 is 5.97 Å². The van der Waals surface area contributed by atoms with Gasteiger partial charge in [0.25, 0.3) is 11.5 Å². The molecule has 0 unspecified atom stereocenters. The Kier molecular flexibility index (Phi) is 6.44. The number of hydrogen-bond donors (Lipinski definition) is 2. The maximum Gasteiger partial charge on any atom is 0.306 e. The number of pyridine rings is 1. The van der Waals surface area contributed by atoms with Gasteiger partial charge in [0.15, 0.2) is 6.61 Å². The summed E-state index contributed by atoms with van der Waals surface area (Å²) in [5.41, 5.74) is 1.60. The van der Waals surface area contributed by atoms with Gasteiger partial charge in [-0.3, -0.25) is 14.4 Å². The molecule has 0 saturated heterocycles. The first-order valence-corrected chi connectivity index (χ1v) is 8.15. The number of amides is 1. The third-order valence-corrected chi connectivity index (χ3v) is 3.97. The molecule has 140 valence electrons. The molecule has 1 heterocycles. The van der Waals surface area contributed by atoms with Gasteiger partial charge in [-0.05, 0) is 49.6 Å². The van der Waals surface area contributed by atoms with Crippen molar-refractivity contribution in [1.82, 2.24) is 4.98 Å². The number of ether oxygens (including phenoxy) is 1. The summed E-state index contributed by atoms with van der Waals surface area (Å²) in [6.07, 6.45) is 0.235. The van der Waals surface area contributed by atoms with Crippen LogP contribution in [0.15, 0.2) is 29.1 Å². The molecular formula is C19H18FN3O4. The number of halogens is 1. The molecule has 0 radical (unpaired) electrons. The molecule has 0 spiro atoms. The molecule has 7 nitrogen and oxygen atoms in total. The average Bonchev–Trinajstić information content (AvgIpc) is 2.60. The number of esters is 1. The molecule has 27 heavy (non-hydrogen) atoms. The van der Waals surface area contributed by atoms with E-state index in [2.05, 4.69) is 10.3 Å². The Morgan fingerprint density at radius 3 is 2.74 bits per heavy atom. The molecule has 2 aromatic rings. The molecule has 1 aromatic heterocycles. The summed E-state index contributed by atoms with van der Waals surface area (Å²) in [6.45, 7) is 2.83. The highest BCUT2D eigenvalue weighted by molar-refractivity contribution is 5.92. The summed E-state index contributed by atoms with van der Waals surface area (Å²) < 4.78 is 18.0. The SMILES string of the molecule is Cc1[nH]c(=O)c(C#N)c(C)c1CCC(=O)OCC(=O)Nc1cccc(F)c1. The van der Waals surface area contributed by atoms with E-state index in [0.29, 0.717) is 16.8 Å². The number of nitrogens with one attached hydrogen (secondary N) is 2. The van der Waals surface area contributed by atoms with Gasteiger partial charge in [0, 0.05) is 17.8 Å². The fraction of sp³-hybridized carbons (Fsp3) is 0.263. The summed E-state index contributed by atoms with van der Waals surface area (Å²) in [7, 11) is 0. The number of aromatic amines is 1. The molecule has 2 N–H and O–H groups in total. The van der Waals surface area contributed by atoms with Gasteiger partial charge in [0.05, 0.1) is 0 Å². The maximum absolute atomic E-state index is 13.1. The first-order valence-electron chi connectivity index (χ1n) is 8.15. The summed E-state index contributed by atoms with van der Waals surface area (Å²) in [6, 6.07) is 7.19. The van der Waals surface area contributed by atoms with E-state index in [0.717, 1.165) is 6.07 Å². The predicted molar refractivity (Wildman–Crippen MR) is 95.6 cm³/mol. The molecule has 0 aliphatic heterocycles. The number of benzene rings is 1. The fourth-order valence-corrected chi connectivity index (χ4v) is 2.63. The number of nitriles is 1. The number of rotatable bonds is 6. The summed E-state index contributed by atoms with van der Waals surface area (Å²) in [5, 5.41) is 11.5. The van der Waals surface area contributed by atoms with E-state index in [1.54, 1.807) is 13.8 Å². The fourth-order valence-electron chi connectivity index (χ4n) is 2.63. The Labute approximate surface area is 154 Å². The molecule has 0 aliphatic rings. The van der Waals surface area contributed by atoms with Gasteiger partial charge in [0.2, 0.25) is 0 Å². The summed E-state index contributed by atoms with van der Waals surface area (Å²) in [5.74, 6) is -1.68. The monoisotopic (exact) mass is 371 g/mol. The molecule has 0 saturated carbocycles. The lowest BCUT2D eigenvalue weighted by Gasteiger charge is -2.11. The minimum Gasteiger partial charge on any atom is -0.456 e. The molecule has 2 rings (SSSR count). The standard InChI is InChI=1S/C19H18FN3O4/c1-11-15(12(2)22-19(26)16(11)9-21)6-7-18(25)27-10-17(24)23-14-5-3-4-13(20)8-14/h3-5,8H,6-7,10H2,1-2H3,(H,22,26)(H,23,24). The zero-order valence-electron chi connectivity index (χ0n) is 14.9. The number of carbonyl (C=O) groups is 2. The zero-order valence-corrected chi connectivity index (χ0v) is 14.9. The summed E-state index contributed by atoms with van der Waals surface area (Å²) in [4.78, 5) is 37.9. The molecule has 0 atom stereocenters. The van der Waals surface area contributed by atoms with Gasteiger partial charge in [0.1, 0.15) is 17.4 Å². The van der Waals surface area contributed by atoms with E-state index in [9.17, 15) is 18.8 Å². The van der Waals surface area contributed by atoms with Crippen LogP contribution in [0.4, 0.5) is 10.1 Å². The van der Waals surface area contributed by atoms with E-state index in [-0.39, 0.29) is 24.1 Å². The van der Waals surface area contributed by atoms with Gasteiger partial charge in [-0.25, -0.2) is 4.39 Å². The Bertz CT molecular complexity index is 976. The smallest absolute Gasteiger partial charge is 0.306 e. The van der Waals surface area contributed by atoms with Crippen molar-refractivity contribution in [2.24, 2.45) is 0 Å². The van der Waals surface area contributed by atoms with Crippen molar-refractivity contribution in [3.63, 3.8) is 0 Å². The largest absolute Gasteiger partial charge is 0.456 e. The van der Waals surface area contributed by atoms with E-state index < -0.39 is 29.9 Å². The molecule has 8 heteroatoms. The minimum absolute atomic E-state index is 0.0124. The van der Waals surface area contributed by atoms with Crippen LogP contribution in [-0.2, 0) is 20.7 Å². The van der Waals surface area contributed by atoms with Gasteiger partial charge in [-0.1, -0.05) is 6.07 Å². The minimum atomic E-state index is -0.604. The van der Waals surface area contributed by atoms with Crippen molar-refractivity contribution in [3.05, 3.63) is 62.8 Å². The van der Waals surface area contributed by atoms with Crippen LogP contribution in [0.2, 0.25) is 0 Å². The van der Waals surface area contributed by atoms with Gasteiger partial charge < -0.3 is 15.0 Å². The first kappa shape index (κ1) is 19.8. The van der Waals surface area contributed by atoms with E-state index >= 15 is 0 Å². The third-order valence-electron chi connectivity index (χ3n) is 3.97. The average molecular weight is 371 g/mol. The maximum atomic E-state index is 13.1. The zero-order chi connectivity index (χ0) is 20.0. The number of hydrogen-bond acceptors (Lipinski definition) is 5. The number of H-pyrrole nitrogens is 1. The molecular weight excluding hydrogens is 353 g/mol. The lowest BCUT2D eigenvalue weighted by atomic mass is 9.99. The Hall–Kier alpha value is -3.47. The second-order valence-electron chi connectivity index (χ2n) is 5.89. The molecule has 0 aliphatic carbocycles. The second kappa shape index (κ2) is 8.76. The van der Waals surface area contributed by atoms with Crippen molar-refractivity contribution in [1.29, 1.82) is 5.26 Å². The van der Waals surface area contributed by atoms with Crippen molar-refractivity contribution in [2.45, 2.75) is 26.7 Å². The van der Waals surface area contributed by atoms with Crippen LogP contribution in [0.3, 0.4) is 0 Å². The van der Waals surface area contributed by atoms with Crippen molar-refractivity contribution in [2.75, 3.05) is 11.9 Å². The third kappa shape index (κ3) is 5.25. The van der Waals surface area contributed by atoms with Crippen LogP contribution < -0.4 is 10.9 Å². The Morgan fingerprint density at radius 2 is 2.07 bits per heavy atom.